The molecule has 0 spiro atoms. The highest BCUT2D eigenvalue weighted by molar-refractivity contribution is 5.88. The van der Waals surface area contributed by atoms with E-state index in [9.17, 15) is 18.0 Å². The first kappa shape index (κ1) is 32.6. The molecular formula is C33H32F4N4O5. The van der Waals surface area contributed by atoms with Crippen LogP contribution in [0.1, 0.15) is 23.1 Å². The van der Waals surface area contributed by atoms with Crippen LogP contribution in [0.3, 0.4) is 0 Å². The van der Waals surface area contributed by atoms with Crippen LogP contribution in [0.25, 0.3) is 10.9 Å². The summed E-state index contributed by atoms with van der Waals surface area (Å²) in [7, 11) is 1.53. The Kier molecular flexibility index (Phi) is 10.7. The molecule has 13 heteroatoms. The lowest BCUT2D eigenvalue weighted by Crippen LogP contribution is -2.37. The van der Waals surface area contributed by atoms with Crippen molar-refractivity contribution in [3.63, 3.8) is 0 Å². The van der Waals surface area contributed by atoms with Crippen LogP contribution in [0.15, 0.2) is 72.0 Å². The maximum absolute atomic E-state index is 15.1. The third-order valence-electron chi connectivity index (χ3n) is 7.19. The number of carbonyl (C=O) groups is 1. The van der Waals surface area contributed by atoms with Gasteiger partial charge >= 0.3 is 6.18 Å². The summed E-state index contributed by atoms with van der Waals surface area (Å²) in [6.45, 7) is 4.72. The number of morpholine rings is 1. The fourth-order valence-corrected chi connectivity index (χ4v) is 4.80. The van der Waals surface area contributed by atoms with E-state index in [0.717, 1.165) is 51.4 Å². The van der Waals surface area contributed by atoms with E-state index in [-0.39, 0.29) is 12.2 Å². The van der Waals surface area contributed by atoms with E-state index in [2.05, 4.69) is 20.4 Å². The number of methoxy groups -OCH3 is 1. The van der Waals surface area contributed by atoms with Crippen molar-refractivity contribution < 1.29 is 41.3 Å². The van der Waals surface area contributed by atoms with Crippen LogP contribution in [0, 0.1) is 5.82 Å². The van der Waals surface area contributed by atoms with E-state index >= 15 is 4.39 Å². The van der Waals surface area contributed by atoms with Crippen LogP contribution >= 0.6 is 0 Å². The summed E-state index contributed by atoms with van der Waals surface area (Å²) in [6.07, 6.45) is -1.03. The number of carbonyl (C=O) groups excluding carboxylic acids is 1. The fraction of sp³-hybridized carbons (Fsp3) is 0.303. The summed E-state index contributed by atoms with van der Waals surface area (Å²) < 4.78 is 76.0. The minimum absolute atomic E-state index is 0.0561. The van der Waals surface area contributed by atoms with E-state index in [4.69, 9.17) is 18.9 Å². The molecule has 2 heterocycles. The number of rotatable bonds is 12. The number of alkyl halides is 3. The number of benzene rings is 3. The molecule has 3 aromatic carbocycles. The topological polar surface area (TPSA) is 94.5 Å². The van der Waals surface area contributed by atoms with E-state index < -0.39 is 23.5 Å². The minimum Gasteiger partial charge on any atom is -0.493 e. The number of hydrogen-bond donors (Lipinski definition) is 1. The summed E-state index contributed by atoms with van der Waals surface area (Å²) in [4.78, 5) is 19.1. The Labute approximate surface area is 262 Å². The van der Waals surface area contributed by atoms with Crippen molar-refractivity contribution in [3.8, 4) is 23.0 Å². The number of nitrogens with one attached hydrogen (secondary N) is 1. The lowest BCUT2D eigenvalue weighted by molar-refractivity contribution is -0.137. The molecule has 0 atom stereocenters. The summed E-state index contributed by atoms with van der Waals surface area (Å²) in [5.74, 6) is 0.0977. The zero-order valence-electron chi connectivity index (χ0n) is 25.0. The molecule has 46 heavy (non-hydrogen) atoms. The van der Waals surface area contributed by atoms with Gasteiger partial charge in [0, 0.05) is 37.3 Å². The summed E-state index contributed by atoms with van der Waals surface area (Å²) in [5, 5.41) is 4.35. The van der Waals surface area contributed by atoms with E-state index in [1.807, 2.05) is 0 Å². The minimum atomic E-state index is -4.44. The van der Waals surface area contributed by atoms with E-state index in [1.165, 1.54) is 37.6 Å². The van der Waals surface area contributed by atoms with Crippen LogP contribution in [0.4, 0.5) is 17.6 Å². The molecule has 0 aliphatic carbocycles. The number of hydrazone groups is 1. The van der Waals surface area contributed by atoms with Gasteiger partial charge in [-0.2, -0.15) is 18.3 Å². The number of pyridine rings is 1. The maximum atomic E-state index is 15.1. The molecule has 9 nitrogen and oxygen atoms in total. The monoisotopic (exact) mass is 640 g/mol. The first-order chi connectivity index (χ1) is 22.2. The Hall–Kier alpha value is -4.75. The number of fused-ring (bicyclic) bond motifs is 1. The van der Waals surface area contributed by atoms with E-state index in [0.29, 0.717) is 45.9 Å². The molecule has 4 aromatic rings. The smallest absolute Gasteiger partial charge is 0.416 e. The normalized spacial score (nSPS) is 14.0. The number of nitrogens with zero attached hydrogens (tertiary/aromatic N) is 3. The van der Waals surface area contributed by atoms with Crippen LogP contribution < -0.4 is 19.6 Å². The molecule has 1 amide bonds. The largest absolute Gasteiger partial charge is 0.493 e. The number of ether oxygens (including phenoxy) is 4. The number of hydrogen-bond acceptors (Lipinski definition) is 8. The third kappa shape index (κ3) is 8.70. The molecule has 1 aliphatic heterocycles. The second-order valence-electron chi connectivity index (χ2n) is 10.4. The van der Waals surface area contributed by atoms with Gasteiger partial charge in [-0.25, -0.2) is 9.82 Å². The van der Waals surface area contributed by atoms with Crippen LogP contribution in [0.5, 0.6) is 23.0 Å². The Morgan fingerprint density at radius 1 is 1.02 bits per heavy atom. The molecule has 5 rings (SSSR count). The first-order valence-electron chi connectivity index (χ1n) is 14.5. The fourth-order valence-electron chi connectivity index (χ4n) is 4.80. The SMILES string of the molecule is COc1cc2c(Oc3ccc(CC(=O)N/N=C/c4ccc(C(F)(F)F)cc4)cc3F)ccnc2cc1OCCCN1CCOCC1. The zero-order chi connectivity index (χ0) is 32.5. The average Bonchev–Trinajstić information content (AvgIpc) is 3.04. The van der Waals surface area contributed by atoms with Gasteiger partial charge in [-0.3, -0.25) is 14.7 Å². The van der Waals surface area contributed by atoms with Crippen molar-refractivity contribution in [2.24, 2.45) is 5.10 Å². The van der Waals surface area contributed by atoms with Crippen molar-refractivity contribution in [3.05, 3.63) is 89.4 Å². The molecule has 0 bridgehead atoms. The highest BCUT2D eigenvalue weighted by Gasteiger charge is 2.29. The molecule has 1 N–H and O–H groups in total. The van der Waals surface area contributed by atoms with Crippen molar-refractivity contribution >= 4 is 23.0 Å². The summed E-state index contributed by atoms with van der Waals surface area (Å²) in [6, 6.07) is 13.5. The van der Waals surface area contributed by atoms with Gasteiger partial charge in [0.15, 0.2) is 23.1 Å². The Balaban J connectivity index is 1.18. The quantitative estimate of drug-likeness (QED) is 0.0881. The van der Waals surface area contributed by atoms with Crippen LogP contribution in [-0.2, 0) is 22.1 Å². The number of amides is 1. The molecule has 1 aromatic heterocycles. The standard InChI is InChI=1S/C33H32F4N4O5/c1-43-30-19-25-27(20-31(30)45-14-2-11-41-12-15-44-16-13-41)38-10-9-28(25)46-29-8-5-23(17-26(29)34)18-32(42)40-39-21-22-3-6-24(7-4-22)33(35,36)37/h3-10,17,19-21H,2,11-16,18H2,1H3,(H,40,42)/b39-21+. The molecule has 1 saturated heterocycles. The average molecular weight is 641 g/mol. The summed E-state index contributed by atoms with van der Waals surface area (Å²) in [5.41, 5.74) is 2.80. The number of halogens is 4. The Morgan fingerprint density at radius 2 is 1.80 bits per heavy atom. The number of aromatic nitrogens is 1. The van der Waals surface area contributed by atoms with Crippen LogP contribution in [0.2, 0.25) is 0 Å². The van der Waals surface area contributed by atoms with Gasteiger partial charge in [0.25, 0.3) is 0 Å². The molecular weight excluding hydrogens is 608 g/mol. The first-order valence-corrected chi connectivity index (χ1v) is 14.5. The van der Waals surface area contributed by atoms with Gasteiger partial charge in [-0.05, 0) is 53.9 Å². The Bertz CT molecular complexity index is 1680. The van der Waals surface area contributed by atoms with E-state index in [1.54, 1.807) is 30.5 Å². The lowest BCUT2D eigenvalue weighted by atomic mass is 10.1. The van der Waals surface area contributed by atoms with Gasteiger partial charge < -0.3 is 18.9 Å². The predicted molar refractivity (Wildman–Crippen MR) is 163 cm³/mol. The predicted octanol–water partition coefficient (Wildman–Crippen LogP) is 5.99. The molecule has 1 aliphatic rings. The molecule has 0 radical (unpaired) electrons. The van der Waals surface area contributed by atoms with Gasteiger partial charge in [0.2, 0.25) is 5.91 Å². The van der Waals surface area contributed by atoms with Crippen molar-refractivity contribution in [1.29, 1.82) is 0 Å². The highest BCUT2D eigenvalue weighted by atomic mass is 19.4. The van der Waals surface area contributed by atoms with Crippen molar-refractivity contribution in [1.82, 2.24) is 15.3 Å². The molecule has 242 valence electrons. The summed E-state index contributed by atoms with van der Waals surface area (Å²) >= 11 is 0. The molecule has 0 unspecified atom stereocenters. The third-order valence-corrected chi connectivity index (χ3v) is 7.19. The zero-order valence-corrected chi connectivity index (χ0v) is 25.0. The van der Waals surface area contributed by atoms with Crippen molar-refractivity contribution in [2.45, 2.75) is 19.0 Å². The van der Waals surface area contributed by atoms with Gasteiger partial charge in [-0.15, -0.1) is 0 Å². The second-order valence-corrected chi connectivity index (χ2v) is 10.4. The van der Waals surface area contributed by atoms with Gasteiger partial charge in [0.1, 0.15) is 5.75 Å². The molecule has 0 saturated carbocycles. The van der Waals surface area contributed by atoms with Gasteiger partial charge in [-0.1, -0.05) is 18.2 Å². The van der Waals surface area contributed by atoms with Crippen LogP contribution in [-0.4, -0.2) is 68.6 Å². The molecule has 1 fully saturated rings. The van der Waals surface area contributed by atoms with Gasteiger partial charge in [0.05, 0.1) is 50.6 Å². The highest BCUT2D eigenvalue weighted by Crippen LogP contribution is 2.37. The maximum Gasteiger partial charge on any atom is 0.416 e. The Morgan fingerprint density at radius 3 is 2.52 bits per heavy atom. The lowest BCUT2D eigenvalue weighted by Gasteiger charge is -2.26. The second kappa shape index (κ2) is 15.0. The van der Waals surface area contributed by atoms with Crippen molar-refractivity contribution in [2.75, 3.05) is 46.6 Å².